The molecule has 2 N–H and O–H groups in total. The number of benzene rings is 1. The van der Waals surface area contributed by atoms with Crippen LogP contribution in [0.1, 0.15) is 24.2 Å². The van der Waals surface area contributed by atoms with Gasteiger partial charge in [0.2, 0.25) is 5.91 Å². The minimum atomic E-state index is -0.879. The van der Waals surface area contributed by atoms with E-state index in [2.05, 4.69) is 10.6 Å². The lowest BCUT2D eigenvalue weighted by Gasteiger charge is -2.21. The van der Waals surface area contributed by atoms with Crippen LogP contribution < -0.4 is 10.6 Å². The standard InChI is InChI=1S/C11H12N2O2/c1-11(2)10(15)12-8-6-4-3-5-7(8)9(14)13-11/h3-6H,1-2H3,(H,12,15)(H,13,14). The van der Waals surface area contributed by atoms with Crippen LogP contribution in [-0.4, -0.2) is 17.4 Å². The van der Waals surface area contributed by atoms with Crippen LogP contribution >= 0.6 is 0 Å². The molecule has 2 rings (SSSR count). The molecular weight excluding hydrogens is 192 g/mol. The van der Waals surface area contributed by atoms with Gasteiger partial charge in [-0.1, -0.05) is 12.1 Å². The van der Waals surface area contributed by atoms with Gasteiger partial charge in [0.25, 0.3) is 5.91 Å². The fourth-order valence-corrected chi connectivity index (χ4v) is 1.48. The van der Waals surface area contributed by atoms with Crippen molar-refractivity contribution in [2.75, 3.05) is 5.32 Å². The zero-order chi connectivity index (χ0) is 11.1. The molecule has 15 heavy (non-hydrogen) atoms. The fraction of sp³-hybridized carbons (Fsp3) is 0.273. The molecule has 0 unspecified atom stereocenters. The zero-order valence-electron chi connectivity index (χ0n) is 8.63. The number of para-hydroxylation sites is 1. The van der Waals surface area contributed by atoms with Crippen molar-refractivity contribution in [1.82, 2.24) is 5.32 Å². The highest BCUT2D eigenvalue weighted by Crippen LogP contribution is 2.21. The number of hydrogen-bond acceptors (Lipinski definition) is 2. The van der Waals surface area contributed by atoms with Crippen molar-refractivity contribution in [3.63, 3.8) is 0 Å². The number of hydrogen-bond donors (Lipinski definition) is 2. The number of anilines is 1. The molecule has 0 atom stereocenters. The van der Waals surface area contributed by atoms with E-state index in [1.165, 1.54) is 0 Å². The largest absolute Gasteiger partial charge is 0.338 e. The number of amides is 2. The Morgan fingerprint density at radius 2 is 1.80 bits per heavy atom. The molecular formula is C11H12N2O2. The molecule has 4 nitrogen and oxygen atoms in total. The highest BCUT2D eigenvalue weighted by Gasteiger charge is 2.33. The van der Waals surface area contributed by atoms with E-state index in [0.717, 1.165) is 0 Å². The van der Waals surface area contributed by atoms with E-state index >= 15 is 0 Å². The van der Waals surface area contributed by atoms with Gasteiger partial charge in [0.15, 0.2) is 0 Å². The van der Waals surface area contributed by atoms with E-state index in [4.69, 9.17) is 0 Å². The molecule has 1 aliphatic rings. The van der Waals surface area contributed by atoms with Gasteiger partial charge >= 0.3 is 0 Å². The fourth-order valence-electron chi connectivity index (χ4n) is 1.48. The lowest BCUT2D eigenvalue weighted by atomic mass is 10.1. The summed E-state index contributed by atoms with van der Waals surface area (Å²) >= 11 is 0. The summed E-state index contributed by atoms with van der Waals surface area (Å²) in [5.41, 5.74) is 0.179. The Morgan fingerprint density at radius 1 is 1.13 bits per heavy atom. The molecule has 2 amide bonds. The van der Waals surface area contributed by atoms with Crippen LogP contribution in [0.3, 0.4) is 0 Å². The number of fused-ring (bicyclic) bond motifs is 1. The van der Waals surface area contributed by atoms with E-state index in [1.54, 1.807) is 38.1 Å². The molecule has 0 saturated heterocycles. The minimum absolute atomic E-state index is 0.208. The number of rotatable bonds is 0. The van der Waals surface area contributed by atoms with Crippen molar-refractivity contribution in [2.24, 2.45) is 0 Å². The quantitative estimate of drug-likeness (QED) is 0.666. The number of carbonyl (C=O) groups is 2. The maximum absolute atomic E-state index is 11.8. The van der Waals surface area contributed by atoms with E-state index in [1.807, 2.05) is 0 Å². The van der Waals surface area contributed by atoms with Crippen LogP contribution in [-0.2, 0) is 4.79 Å². The molecule has 0 bridgehead atoms. The van der Waals surface area contributed by atoms with Crippen molar-refractivity contribution in [1.29, 1.82) is 0 Å². The molecule has 0 fully saturated rings. The summed E-state index contributed by atoms with van der Waals surface area (Å²) in [4.78, 5) is 23.5. The molecule has 1 aliphatic heterocycles. The Balaban J connectivity index is 2.51. The SMILES string of the molecule is CC1(C)NC(=O)c2ccccc2NC1=O. The third-order valence-electron chi connectivity index (χ3n) is 2.41. The highest BCUT2D eigenvalue weighted by molar-refractivity contribution is 6.11. The van der Waals surface area contributed by atoms with E-state index in [0.29, 0.717) is 11.3 Å². The predicted molar refractivity (Wildman–Crippen MR) is 56.6 cm³/mol. The summed E-state index contributed by atoms with van der Waals surface area (Å²) in [6.45, 7) is 3.35. The molecule has 1 aromatic carbocycles. The second-order valence-corrected chi connectivity index (χ2v) is 4.08. The summed E-state index contributed by atoms with van der Waals surface area (Å²) in [6.07, 6.45) is 0. The smallest absolute Gasteiger partial charge is 0.254 e. The molecule has 0 aromatic heterocycles. The van der Waals surface area contributed by atoms with E-state index in [-0.39, 0.29) is 11.8 Å². The predicted octanol–water partition coefficient (Wildman–Crippen LogP) is 1.15. The lowest BCUT2D eigenvalue weighted by molar-refractivity contribution is -0.120. The van der Waals surface area contributed by atoms with Crippen molar-refractivity contribution in [2.45, 2.75) is 19.4 Å². The topological polar surface area (TPSA) is 58.2 Å². The Labute approximate surface area is 87.7 Å². The molecule has 0 spiro atoms. The van der Waals surface area contributed by atoms with Crippen molar-refractivity contribution in [3.8, 4) is 0 Å². The van der Waals surface area contributed by atoms with Gasteiger partial charge in [0.1, 0.15) is 5.54 Å². The van der Waals surface area contributed by atoms with Crippen molar-refractivity contribution < 1.29 is 9.59 Å². The summed E-state index contributed by atoms with van der Waals surface area (Å²) in [7, 11) is 0. The van der Waals surface area contributed by atoms with Crippen molar-refractivity contribution in [3.05, 3.63) is 29.8 Å². The van der Waals surface area contributed by atoms with Crippen LogP contribution in [0.4, 0.5) is 5.69 Å². The summed E-state index contributed by atoms with van der Waals surface area (Å²) < 4.78 is 0. The average molecular weight is 204 g/mol. The Hall–Kier alpha value is -1.84. The summed E-state index contributed by atoms with van der Waals surface area (Å²) in [6, 6.07) is 6.95. The zero-order valence-corrected chi connectivity index (χ0v) is 8.63. The summed E-state index contributed by atoms with van der Waals surface area (Å²) in [5, 5.41) is 5.39. The van der Waals surface area contributed by atoms with Crippen molar-refractivity contribution >= 4 is 17.5 Å². The third kappa shape index (κ3) is 1.58. The van der Waals surface area contributed by atoms with Gasteiger partial charge < -0.3 is 10.6 Å². The van der Waals surface area contributed by atoms with Gasteiger partial charge in [0.05, 0.1) is 11.3 Å². The maximum atomic E-state index is 11.8. The van der Waals surface area contributed by atoms with E-state index in [9.17, 15) is 9.59 Å². The van der Waals surface area contributed by atoms with Gasteiger partial charge in [-0.05, 0) is 26.0 Å². The van der Waals surface area contributed by atoms with Crippen LogP contribution in [0.25, 0.3) is 0 Å². The molecule has 0 saturated carbocycles. The number of nitrogens with one attached hydrogen (secondary N) is 2. The van der Waals surface area contributed by atoms with Gasteiger partial charge in [-0.3, -0.25) is 9.59 Å². The monoisotopic (exact) mass is 204 g/mol. The second-order valence-electron chi connectivity index (χ2n) is 4.08. The number of carbonyl (C=O) groups excluding carboxylic acids is 2. The maximum Gasteiger partial charge on any atom is 0.254 e. The first kappa shape index (κ1) is 9.71. The third-order valence-corrected chi connectivity index (χ3v) is 2.41. The Bertz CT molecular complexity index is 438. The first-order chi connectivity index (χ1) is 7.00. The van der Waals surface area contributed by atoms with Crippen LogP contribution in [0.15, 0.2) is 24.3 Å². The average Bonchev–Trinajstić information content (AvgIpc) is 2.24. The van der Waals surface area contributed by atoms with Crippen LogP contribution in [0.2, 0.25) is 0 Å². The molecule has 4 heteroatoms. The lowest BCUT2D eigenvalue weighted by Crippen LogP contribution is -2.50. The minimum Gasteiger partial charge on any atom is -0.338 e. The van der Waals surface area contributed by atoms with Crippen LogP contribution in [0, 0.1) is 0 Å². The molecule has 78 valence electrons. The molecule has 0 radical (unpaired) electrons. The van der Waals surface area contributed by atoms with Crippen LogP contribution in [0.5, 0.6) is 0 Å². The summed E-state index contributed by atoms with van der Waals surface area (Å²) in [5.74, 6) is -0.435. The Kier molecular flexibility index (Phi) is 2.00. The molecule has 1 aromatic rings. The van der Waals surface area contributed by atoms with Gasteiger partial charge in [0, 0.05) is 0 Å². The molecule has 0 aliphatic carbocycles. The van der Waals surface area contributed by atoms with E-state index < -0.39 is 5.54 Å². The van der Waals surface area contributed by atoms with Gasteiger partial charge in [-0.15, -0.1) is 0 Å². The van der Waals surface area contributed by atoms with Gasteiger partial charge in [-0.2, -0.15) is 0 Å². The first-order valence-electron chi connectivity index (χ1n) is 4.74. The highest BCUT2D eigenvalue weighted by atomic mass is 16.2. The normalized spacial score (nSPS) is 18.5. The van der Waals surface area contributed by atoms with Gasteiger partial charge in [-0.25, -0.2) is 0 Å². The molecule has 1 heterocycles. The first-order valence-corrected chi connectivity index (χ1v) is 4.74. The Morgan fingerprint density at radius 3 is 2.53 bits per heavy atom. The second kappa shape index (κ2) is 3.08.